The summed E-state index contributed by atoms with van der Waals surface area (Å²) in [6, 6.07) is 15.4. The summed E-state index contributed by atoms with van der Waals surface area (Å²) in [5.41, 5.74) is 2.82. The van der Waals surface area contributed by atoms with Gasteiger partial charge in [0.15, 0.2) is 0 Å². The fourth-order valence-corrected chi connectivity index (χ4v) is 4.84. The van der Waals surface area contributed by atoms with Crippen LogP contribution in [-0.2, 0) is 6.54 Å². The Morgan fingerprint density at radius 2 is 1.86 bits per heavy atom. The number of amides is 1. The Morgan fingerprint density at radius 1 is 1.07 bits per heavy atom. The van der Waals surface area contributed by atoms with Crippen molar-refractivity contribution in [3.05, 3.63) is 59.9 Å². The van der Waals surface area contributed by atoms with Gasteiger partial charge in [-0.1, -0.05) is 24.3 Å². The molecule has 148 valence electrons. The molecular formula is C23H30N4O. The number of anilines is 1. The highest BCUT2D eigenvalue weighted by Crippen LogP contribution is 2.31. The van der Waals surface area contributed by atoms with Gasteiger partial charge in [-0.15, -0.1) is 0 Å². The predicted octanol–water partition coefficient (Wildman–Crippen LogP) is 3.78. The maximum absolute atomic E-state index is 13.3. The molecule has 2 bridgehead atoms. The average Bonchev–Trinajstić information content (AvgIpc) is 3.09. The van der Waals surface area contributed by atoms with Crippen molar-refractivity contribution in [2.45, 2.75) is 57.8 Å². The Morgan fingerprint density at radius 3 is 2.64 bits per heavy atom. The molecule has 0 unspecified atom stereocenters. The number of nitrogens with zero attached hydrogens (tertiary/aromatic N) is 3. The lowest BCUT2D eigenvalue weighted by Gasteiger charge is -2.36. The van der Waals surface area contributed by atoms with Gasteiger partial charge in [0.05, 0.1) is 0 Å². The van der Waals surface area contributed by atoms with Crippen LogP contribution in [-0.4, -0.2) is 51.9 Å². The number of carbonyl (C=O) groups excluding carboxylic acids is 1. The van der Waals surface area contributed by atoms with E-state index in [0.29, 0.717) is 30.4 Å². The van der Waals surface area contributed by atoms with Crippen molar-refractivity contribution < 1.29 is 4.79 Å². The van der Waals surface area contributed by atoms with Crippen LogP contribution in [0.5, 0.6) is 0 Å². The highest BCUT2D eigenvalue weighted by atomic mass is 16.2. The predicted molar refractivity (Wildman–Crippen MR) is 112 cm³/mol. The molecule has 28 heavy (non-hydrogen) atoms. The Bertz CT molecular complexity index is 807. The number of fused-ring (bicyclic) bond motifs is 3. The van der Waals surface area contributed by atoms with Crippen LogP contribution in [0.15, 0.2) is 48.7 Å². The molecule has 2 aromatic rings. The Kier molecular flexibility index (Phi) is 5.62. The number of hydrogen-bond acceptors (Lipinski definition) is 4. The minimum absolute atomic E-state index is 0.0156. The summed E-state index contributed by atoms with van der Waals surface area (Å²) in [4.78, 5) is 22.3. The summed E-state index contributed by atoms with van der Waals surface area (Å²) in [5.74, 6) is 0.0156. The quantitative estimate of drug-likeness (QED) is 0.864. The van der Waals surface area contributed by atoms with Crippen molar-refractivity contribution >= 4 is 11.6 Å². The first-order chi connectivity index (χ1) is 13.6. The molecule has 1 aromatic heterocycles. The lowest BCUT2D eigenvalue weighted by atomic mass is 10.1. The van der Waals surface area contributed by atoms with Crippen LogP contribution in [0.4, 0.5) is 5.69 Å². The number of para-hydroxylation sites is 1. The van der Waals surface area contributed by atoms with E-state index in [1.165, 1.54) is 12.0 Å². The lowest BCUT2D eigenvalue weighted by molar-refractivity contribution is 0.0628. The first-order valence-electron chi connectivity index (χ1n) is 10.4. The summed E-state index contributed by atoms with van der Waals surface area (Å²) >= 11 is 0. The molecule has 3 heterocycles. The zero-order valence-corrected chi connectivity index (χ0v) is 16.8. The first kappa shape index (κ1) is 18.9. The number of nitrogens with one attached hydrogen (secondary N) is 1. The van der Waals surface area contributed by atoms with E-state index in [1.54, 1.807) is 6.20 Å². The molecule has 0 saturated carbocycles. The van der Waals surface area contributed by atoms with Gasteiger partial charge >= 0.3 is 0 Å². The number of aromatic nitrogens is 1. The summed E-state index contributed by atoms with van der Waals surface area (Å²) in [6.07, 6.45) is 5.19. The molecule has 1 N–H and O–H groups in total. The van der Waals surface area contributed by atoms with Crippen molar-refractivity contribution in [3.63, 3.8) is 0 Å². The third-order valence-corrected chi connectivity index (χ3v) is 6.05. The second kappa shape index (κ2) is 8.31. The van der Waals surface area contributed by atoms with Crippen LogP contribution < -0.4 is 5.32 Å². The molecule has 5 nitrogen and oxygen atoms in total. The van der Waals surface area contributed by atoms with Gasteiger partial charge in [0, 0.05) is 49.6 Å². The third kappa shape index (κ3) is 3.90. The van der Waals surface area contributed by atoms with E-state index in [-0.39, 0.29) is 5.91 Å². The summed E-state index contributed by atoms with van der Waals surface area (Å²) in [6.45, 7) is 6.87. The fraction of sp³-hybridized carbons (Fsp3) is 0.478. The largest absolute Gasteiger partial charge is 0.385 e. The van der Waals surface area contributed by atoms with Gasteiger partial charge in [0.25, 0.3) is 5.91 Å². The Labute approximate surface area is 167 Å². The highest BCUT2D eigenvalue weighted by Gasteiger charge is 2.37. The topological polar surface area (TPSA) is 48.5 Å². The Hall–Kier alpha value is -2.40. The molecule has 0 aliphatic carbocycles. The number of rotatable bonds is 2. The summed E-state index contributed by atoms with van der Waals surface area (Å²) < 4.78 is 0. The standard InChI is InChI=1S/C23H30N4O/c1-17(2)27-19-10-11-20(27)16-26(23(28)22-9-5-6-13-24-22)15-18-7-3-4-8-21(18)25-14-12-19/h3-9,13,17,19-20,25H,10-12,14-16H2,1-2H3/t19-,20+/m1/s1. The van der Waals surface area contributed by atoms with Crippen LogP contribution in [0, 0.1) is 0 Å². The molecule has 0 spiro atoms. The first-order valence-corrected chi connectivity index (χ1v) is 10.4. The van der Waals surface area contributed by atoms with Crippen molar-refractivity contribution in [3.8, 4) is 0 Å². The van der Waals surface area contributed by atoms with Gasteiger partial charge in [-0.2, -0.15) is 0 Å². The van der Waals surface area contributed by atoms with Crippen LogP contribution in [0.2, 0.25) is 0 Å². The zero-order chi connectivity index (χ0) is 19.5. The van der Waals surface area contributed by atoms with Crippen LogP contribution >= 0.6 is 0 Å². The monoisotopic (exact) mass is 378 g/mol. The molecular weight excluding hydrogens is 348 g/mol. The maximum Gasteiger partial charge on any atom is 0.272 e. The van der Waals surface area contributed by atoms with Crippen molar-refractivity contribution in [1.82, 2.24) is 14.8 Å². The third-order valence-electron chi connectivity index (χ3n) is 6.05. The molecule has 0 radical (unpaired) electrons. The van der Waals surface area contributed by atoms with Gasteiger partial charge in [-0.25, -0.2) is 0 Å². The highest BCUT2D eigenvalue weighted by molar-refractivity contribution is 5.92. The number of benzene rings is 1. The van der Waals surface area contributed by atoms with E-state index in [2.05, 4.69) is 53.3 Å². The number of pyridine rings is 1. The molecule has 5 heteroatoms. The minimum Gasteiger partial charge on any atom is -0.385 e. The van der Waals surface area contributed by atoms with Gasteiger partial charge < -0.3 is 10.2 Å². The van der Waals surface area contributed by atoms with Crippen LogP contribution in [0.25, 0.3) is 0 Å². The van der Waals surface area contributed by atoms with Gasteiger partial charge in [-0.3, -0.25) is 14.7 Å². The number of hydrogen-bond donors (Lipinski definition) is 1. The van der Waals surface area contributed by atoms with Gasteiger partial charge in [-0.05, 0) is 56.9 Å². The average molecular weight is 379 g/mol. The van der Waals surface area contributed by atoms with Crippen LogP contribution in [0.3, 0.4) is 0 Å². The normalized spacial score (nSPS) is 23.0. The number of carbonyl (C=O) groups is 1. The smallest absolute Gasteiger partial charge is 0.272 e. The van der Waals surface area contributed by atoms with E-state index in [0.717, 1.165) is 31.6 Å². The van der Waals surface area contributed by atoms with E-state index in [1.807, 2.05) is 23.1 Å². The van der Waals surface area contributed by atoms with Gasteiger partial charge in [0.1, 0.15) is 5.69 Å². The summed E-state index contributed by atoms with van der Waals surface area (Å²) in [7, 11) is 0. The van der Waals surface area contributed by atoms with Gasteiger partial charge in [0.2, 0.25) is 0 Å². The molecule has 4 rings (SSSR count). The SMILES string of the molecule is CC(C)N1[C@H]2CCNc3ccccc3CN(C(=O)c3ccccn3)C[C@@H]1CC2. The minimum atomic E-state index is 0.0156. The maximum atomic E-state index is 13.3. The van der Waals surface area contributed by atoms with E-state index >= 15 is 0 Å². The second-order valence-corrected chi connectivity index (χ2v) is 8.20. The lowest BCUT2D eigenvalue weighted by Crippen LogP contribution is -2.48. The van der Waals surface area contributed by atoms with Crippen molar-refractivity contribution in [1.29, 1.82) is 0 Å². The molecule has 2 aliphatic rings. The van der Waals surface area contributed by atoms with Crippen LogP contribution in [0.1, 0.15) is 49.2 Å². The molecule has 2 aliphatic heterocycles. The summed E-state index contributed by atoms with van der Waals surface area (Å²) in [5, 5.41) is 3.62. The van der Waals surface area contributed by atoms with Crippen molar-refractivity contribution in [2.24, 2.45) is 0 Å². The molecule has 1 fully saturated rings. The molecule has 1 saturated heterocycles. The van der Waals surface area contributed by atoms with E-state index < -0.39 is 0 Å². The van der Waals surface area contributed by atoms with E-state index in [9.17, 15) is 4.79 Å². The molecule has 1 amide bonds. The zero-order valence-electron chi connectivity index (χ0n) is 16.8. The second-order valence-electron chi connectivity index (χ2n) is 8.20. The Balaban J connectivity index is 1.69. The molecule has 2 atom stereocenters. The van der Waals surface area contributed by atoms with E-state index in [4.69, 9.17) is 0 Å². The van der Waals surface area contributed by atoms with Crippen molar-refractivity contribution in [2.75, 3.05) is 18.4 Å². The fourth-order valence-electron chi connectivity index (χ4n) is 4.84. The molecule has 1 aromatic carbocycles.